The van der Waals surface area contributed by atoms with Crippen LogP contribution in [0.25, 0.3) is 16.6 Å². The van der Waals surface area contributed by atoms with Gasteiger partial charge in [0.15, 0.2) is 0 Å². The molecule has 84 valence electrons. The summed E-state index contributed by atoms with van der Waals surface area (Å²) in [6, 6.07) is 6.95. The number of aromatic amines is 1. The molecule has 0 bridgehead atoms. The van der Waals surface area contributed by atoms with Gasteiger partial charge in [0.2, 0.25) is 0 Å². The van der Waals surface area contributed by atoms with Crippen molar-refractivity contribution in [3.63, 3.8) is 0 Å². The van der Waals surface area contributed by atoms with E-state index < -0.39 is 0 Å². The predicted octanol–water partition coefficient (Wildman–Crippen LogP) is 2.37. The maximum atomic E-state index is 11.6. The molecule has 4 nitrogen and oxygen atoms in total. The Morgan fingerprint density at radius 3 is 2.94 bits per heavy atom. The van der Waals surface area contributed by atoms with Crippen LogP contribution in [0.5, 0.6) is 0 Å². The Balaban J connectivity index is 2.42. The van der Waals surface area contributed by atoms with E-state index in [1.165, 1.54) is 6.07 Å². The Labute approximate surface area is 101 Å². The van der Waals surface area contributed by atoms with Crippen molar-refractivity contribution in [3.8, 4) is 5.69 Å². The average molecular weight is 246 g/mol. The molecule has 0 aliphatic rings. The van der Waals surface area contributed by atoms with Crippen molar-refractivity contribution in [2.24, 2.45) is 0 Å². The van der Waals surface area contributed by atoms with Crippen LogP contribution >= 0.6 is 11.6 Å². The fraction of sp³-hybridized carbons (Fsp3) is 0. The summed E-state index contributed by atoms with van der Waals surface area (Å²) in [7, 11) is 0. The minimum atomic E-state index is -0.163. The van der Waals surface area contributed by atoms with Gasteiger partial charge in [-0.15, -0.1) is 0 Å². The van der Waals surface area contributed by atoms with Crippen LogP contribution < -0.4 is 5.56 Å². The molecule has 0 aliphatic heterocycles. The standard InChI is InChI=1S/C12H8ClN3O/c13-8-1-2-9-10(5-8)15-12(17)6-11(9)16-4-3-14-7-16/h1-7H,(H,15,17). The Morgan fingerprint density at radius 2 is 2.18 bits per heavy atom. The van der Waals surface area contributed by atoms with Gasteiger partial charge in [-0.25, -0.2) is 4.98 Å². The first-order valence-electron chi connectivity index (χ1n) is 5.05. The van der Waals surface area contributed by atoms with Crippen LogP contribution in [0.4, 0.5) is 0 Å². The van der Waals surface area contributed by atoms with Gasteiger partial charge in [0.1, 0.15) is 0 Å². The molecule has 1 N–H and O–H groups in total. The van der Waals surface area contributed by atoms with Gasteiger partial charge in [0.25, 0.3) is 5.56 Å². The molecule has 3 rings (SSSR count). The molecule has 2 heterocycles. The van der Waals surface area contributed by atoms with E-state index in [-0.39, 0.29) is 5.56 Å². The molecule has 1 aromatic carbocycles. The van der Waals surface area contributed by atoms with Gasteiger partial charge in [0, 0.05) is 28.9 Å². The van der Waals surface area contributed by atoms with Crippen molar-refractivity contribution >= 4 is 22.5 Å². The summed E-state index contributed by atoms with van der Waals surface area (Å²) in [4.78, 5) is 18.3. The smallest absolute Gasteiger partial charge is 0.250 e. The summed E-state index contributed by atoms with van der Waals surface area (Å²) in [6.07, 6.45) is 5.12. The molecule has 0 saturated carbocycles. The lowest BCUT2D eigenvalue weighted by molar-refractivity contribution is 1.06. The number of pyridine rings is 1. The van der Waals surface area contributed by atoms with Gasteiger partial charge in [0.05, 0.1) is 17.5 Å². The summed E-state index contributed by atoms with van der Waals surface area (Å²) < 4.78 is 1.80. The number of H-pyrrole nitrogens is 1. The zero-order valence-corrected chi connectivity index (χ0v) is 9.48. The number of halogens is 1. The van der Waals surface area contributed by atoms with E-state index in [0.717, 1.165) is 11.1 Å². The van der Waals surface area contributed by atoms with Crippen LogP contribution in [-0.2, 0) is 0 Å². The summed E-state index contributed by atoms with van der Waals surface area (Å²) >= 11 is 5.91. The molecule has 0 amide bonds. The Morgan fingerprint density at radius 1 is 1.29 bits per heavy atom. The molecule has 0 aliphatic carbocycles. The molecule has 0 fully saturated rings. The summed E-state index contributed by atoms with van der Waals surface area (Å²) in [5.74, 6) is 0. The second-order valence-corrected chi connectivity index (χ2v) is 4.12. The molecule has 0 saturated heterocycles. The zero-order valence-electron chi connectivity index (χ0n) is 8.72. The molecule has 0 atom stereocenters. The lowest BCUT2D eigenvalue weighted by atomic mass is 10.2. The van der Waals surface area contributed by atoms with Gasteiger partial charge in [-0.3, -0.25) is 4.79 Å². The second-order valence-electron chi connectivity index (χ2n) is 3.68. The number of aromatic nitrogens is 3. The number of imidazole rings is 1. The fourth-order valence-corrected chi connectivity index (χ4v) is 2.00. The molecule has 3 aromatic rings. The number of nitrogens with one attached hydrogen (secondary N) is 1. The highest BCUT2D eigenvalue weighted by molar-refractivity contribution is 6.31. The van der Waals surface area contributed by atoms with E-state index in [9.17, 15) is 4.79 Å². The number of fused-ring (bicyclic) bond motifs is 1. The lowest BCUT2D eigenvalue weighted by Gasteiger charge is -2.06. The van der Waals surface area contributed by atoms with Crippen molar-refractivity contribution in [3.05, 3.63) is 58.4 Å². The Bertz CT molecular complexity index is 731. The molecular formula is C12H8ClN3O. The first-order valence-corrected chi connectivity index (χ1v) is 5.43. The number of benzene rings is 1. The number of hydrogen-bond donors (Lipinski definition) is 1. The summed E-state index contributed by atoms with van der Waals surface area (Å²) in [5, 5.41) is 1.52. The molecule has 0 radical (unpaired) electrons. The Kier molecular flexibility index (Phi) is 2.23. The third kappa shape index (κ3) is 1.72. The van der Waals surface area contributed by atoms with Crippen molar-refractivity contribution in [2.75, 3.05) is 0 Å². The van der Waals surface area contributed by atoms with E-state index in [4.69, 9.17) is 11.6 Å². The van der Waals surface area contributed by atoms with Crippen molar-refractivity contribution in [1.29, 1.82) is 0 Å². The number of rotatable bonds is 1. The maximum absolute atomic E-state index is 11.6. The molecule has 0 unspecified atom stereocenters. The number of hydrogen-bond acceptors (Lipinski definition) is 2. The first-order chi connectivity index (χ1) is 8.24. The van der Waals surface area contributed by atoms with E-state index in [2.05, 4.69) is 9.97 Å². The molecule has 0 spiro atoms. The van der Waals surface area contributed by atoms with Crippen LogP contribution in [0.3, 0.4) is 0 Å². The highest BCUT2D eigenvalue weighted by Crippen LogP contribution is 2.21. The minimum Gasteiger partial charge on any atom is -0.322 e. The quantitative estimate of drug-likeness (QED) is 0.716. The monoisotopic (exact) mass is 245 g/mol. The molecule has 17 heavy (non-hydrogen) atoms. The maximum Gasteiger partial charge on any atom is 0.250 e. The van der Waals surface area contributed by atoms with E-state index >= 15 is 0 Å². The highest BCUT2D eigenvalue weighted by atomic mass is 35.5. The van der Waals surface area contributed by atoms with Gasteiger partial charge in [-0.05, 0) is 18.2 Å². The third-order valence-electron chi connectivity index (χ3n) is 2.57. The average Bonchev–Trinajstić information content (AvgIpc) is 2.80. The first kappa shape index (κ1) is 10.1. The summed E-state index contributed by atoms with van der Waals surface area (Å²) in [6.45, 7) is 0. The topological polar surface area (TPSA) is 50.7 Å². The Hall–Kier alpha value is -2.07. The lowest BCUT2D eigenvalue weighted by Crippen LogP contribution is -2.07. The van der Waals surface area contributed by atoms with Crippen LogP contribution in [0.1, 0.15) is 0 Å². The number of nitrogens with zero attached hydrogens (tertiary/aromatic N) is 2. The summed E-state index contributed by atoms with van der Waals surface area (Å²) in [5.41, 5.74) is 1.34. The molecule has 2 aromatic heterocycles. The van der Waals surface area contributed by atoms with Crippen molar-refractivity contribution in [2.45, 2.75) is 0 Å². The van der Waals surface area contributed by atoms with Gasteiger partial charge < -0.3 is 9.55 Å². The second kappa shape index (κ2) is 3.75. The largest absolute Gasteiger partial charge is 0.322 e. The van der Waals surface area contributed by atoms with Crippen molar-refractivity contribution < 1.29 is 0 Å². The van der Waals surface area contributed by atoms with Crippen molar-refractivity contribution in [1.82, 2.24) is 14.5 Å². The van der Waals surface area contributed by atoms with Crippen LogP contribution in [0.2, 0.25) is 5.02 Å². The highest BCUT2D eigenvalue weighted by Gasteiger charge is 2.05. The van der Waals surface area contributed by atoms with E-state index in [0.29, 0.717) is 10.5 Å². The van der Waals surface area contributed by atoms with Crippen LogP contribution in [-0.4, -0.2) is 14.5 Å². The SMILES string of the molecule is O=c1cc(-n2ccnc2)c2ccc(Cl)cc2[nH]1. The predicted molar refractivity (Wildman–Crippen MR) is 66.7 cm³/mol. The van der Waals surface area contributed by atoms with Gasteiger partial charge >= 0.3 is 0 Å². The van der Waals surface area contributed by atoms with E-state index in [1.54, 1.807) is 35.4 Å². The normalized spacial score (nSPS) is 10.9. The van der Waals surface area contributed by atoms with E-state index in [1.807, 2.05) is 6.07 Å². The molecular weight excluding hydrogens is 238 g/mol. The third-order valence-corrected chi connectivity index (χ3v) is 2.80. The minimum absolute atomic E-state index is 0.163. The molecule has 5 heteroatoms. The zero-order chi connectivity index (χ0) is 11.8. The van der Waals surface area contributed by atoms with Crippen LogP contribution in [0, 0.1) is 0 Å². The fourth-order valence-electron chi connectivity index (χ4n) is 1.83. The van der Waals surface area contributed by atoms with Crippen LogP contribution in [0.15, 0.2) is 47.8 Å². The van der Waals surface area contributed by atoms with Gasteiger partial charge in [-0.2, -0.15) is 0 Å². The van der Waals surface area contributed by atoms with Gasteiger partial charge in [-0.1, -0.05) is 11.6 Å².